The molecule has 1 aliphatic heterocycles. The van der Waals surface area contributed by atoms with E-state index in [1.807, 2.05) is 24.3 Å². The molecule has 0 N–H and O–H groups in total. The number of nitrogens with zero attached hydrogens (tertiary/aromatic N) is 5. The lowest BCUT2D eigenvalue weighted by atomic mass is 10.1. The third-order valence-corrected chi connectivity index (χ3v) is 3.97. The summed E-state index contributed by atoms with van der Waals surface area (Å²) in [7, 11) is 3.21. The highest BCUT2D eigenvalue weighted by Gasteiger charge is 2.16. The largest absolute Gasteiger partial charge is 0.497 e. The average Bonchev–Trinajstić information content (AvgIpc) is 3.05. The molecule has 0 unspecified atom stereocenters. The minimum Gasteiger partial charge on any atom is -0.497 e. The van der Waals surface area contributed by atoms with Crippen LogP contribution in [-0.4, -0.2) is 35.9 Å². The van der Waals surface area contributed by atoms with Gasteiger partial charge in [-0.2, -0.15) is 0 Å². The first-order chi connectivity index (χ1) is 13.3. The highest BCUT2D eigenvalue weighted by molar-refractivity contribution is 6.38. The van der Waals surface area contributed by atoms with Crippen LogP contribution in [0, 0.1) is 0 Å². The van der Waals surface area contributed by atoms with Crippen molar-refractivity contribution >= 4 is 23.3 Å². The summed E-state index contributed by atoms with van der Waals surface area (Å²) in [5.41, 5.74) is 1.78. The lowest BCUT2D eigenvalue weighted by Crippen LogP contribution is -1.94. The zero-order valence-electron chi connectivity index (χ0n) is 14.8. The summed E-state index contributed by atoms with van der Waals surface area (Å²) in [5, 5.41) is 4.60. The molecule has 27 heavy (non-hydrogen) atoms. The molecular weight excluding hydrogens is 342 g/mol. The van der Waals surface area contributed by atoms with Crippen LogP contribution in [0.25, 0.3) is 5.32 Å². The van der Waals surface area contributed by atoms with Crippen molar-refractivity contribution < 1.29 is 9.47 Å². The smallest absolute Gasteiger partial charge is 0.122 e. The Morgan fingerprint density at radius 3 is 1.67 bits per heavy atom. The number of benzene rings is 1. The van der Waals surface area contributed by atoms with Gasteiger partial charge in [0.2, 0.25) is 0 Å². The van der Waals surface area contributed by atoms with Crippen molar-refractivity contribution in [2.75, 3.05) is 14.2 Å². The van der Waals surface area contributed by atoms with E-state index in [9.17, 15) is 0 Å². The standard InChI is InChI=1S/C20H16N5O2/c1-26-13-7-9-21-17(11-13)23-19-15-5-3-4-6-16(15)20(25-19)24-18-12-14(27-2)8-10-22-18/h3-12H,1-2H3/q-1. The fourth-order valence-corrected chi connectivity index (χ4v) is 2.66. The molecule has 0 saturated heterocycles. The molecule has 1 aliphatic rings. The molecule has 0 atom stereocenters. The molecular formula is C20H16N5O2-. The number of pyridine rings is 2. The number of hydrogen-bond acceptors (Lipinski definition) is 6. The normalized spacial score (nSPS) is 15.5. The predicted octanol–water partition coefficient (Wildman–Crippen LogP) is 4.04. The lowest BCUT2D eigenvalue weighted by Gasteiger charge is -2.09. The van der Waals surface area contributed by atoms with Crippen LogP contribution in [0.5, 0.6) is 11.5 Å². The second kappa shape index (κ2) is 7.25. The van der Waals surface area contributed by atoms with E-state index in [0.29, 0.717) is 34.8 Å². The van der Waals surface area contributed by atoms with E-state index in [2.05, 4.69) is 25.3 Å². The van der Waals surface area contributed by atoms with Gasteiger partial charge in [0.15, 0.2) is 0 Å². The van der Waals surface area contributed by atoms with Gasteiger partial charge in [0.1, 0.15) is 11.5 Å². The first-order valence-electron chi connectivity index (χ1n) is 8.26. The van der Waals surface area contributed by atoms with E-state index in [0.717, 1.165) is 11.1 Å². The number of methoxy groups -OCH3 is 2. The lowest BCUT2D eigenvalue weighted by molar-refractivity contribution is 0.414. The number of amidine groups is 2. The molecule has 7 nitrogen and oxygen atoms in total. The Balaban J connectivity index is 1.74. The van der Waals surface area contributed by atoms with E-state index >= 15 is 0 Å². The second-order valence-electron chi connectivity index (χ2n) is 5.64. The molecule has 4 rings (SSSR count). The SMILES string of the molecule is COc1ccnc(N=C2[N-]C(=Nc3cc(OC)ccn3)c3ccccc32)c1. The molecule has 7 heteroatoms. The quantitative estimate of drug-likeness (QED) is 0.705. The van der Waals surface area contributed by atoms with Crippen LogP contribution in [0.2, 0.25) is 0 Å². The van der Waals surface area contributed by atoms with Gasteiger partial charge in [0.25, 0.3) is 0 Å². The number of hydrogen-bond donors (Lipinski definition) is 0. The van der Waals surface area contributed by atoms with Crippen LogP contribution in [0.1, 0.15) is 11.1 Å². The van der Waals surface area contributed by atoms with Gasteiger partial charge < -0.3 is 24.8 Å². The van der Waals surface area contributed by atoms with Crippen molar-refractivity contribution in [3.8, 4) is 11.5 Å². The van der Waals surface area contributed by atoms with E-state index in [-0.39, 0.29) is 0 Å². The minimum atomic E-state index is 0.517. The third-order valence-electron chi connectivity index (χ3n) is 3.97. The van der Waals surface area contributed by atoms with Gasteiger partial charge in [-0.25, -0.2) is 0 Å². The van der Waals surface area contributed by atoms with Gasteiger partial charge in [-0.1, -0.05) is 24.3 Å². The molecule has 1 aromatic carbocycles. The van der Waals surface area contributed by atoms with Crippen molar-refractivity contribution in [2.45, 2.75) is 0 Å². The van der Waals surface area contributed by atoms with Crippen molar-refractivity contribution in [1.82, 2.24) is 9.97 Å². The van der Waals surface area contributed by atoms with E-state index in [1.165, 1.54) is 0 Å². The van der Waals surface area contributed by atoms with Crippen molar-refractivity contribution in [1.29, 1.82) is 0 Å². The maximum Gasteiger partial charge on any atom is 0.122 e. The molecule has 0 fully saturated rings. The van der Waals surface area contributed by atoms with E-state index in [4.69, 9.17) is 9.47 Å². The van der Waals surface area contributed by atoms with Crippen LogP contribution in [0.3, 0.4) is 0 Å². The Hall–Kier alpha value is -3.74. The third kappa shape index (κ3) is 3.48. The van der Waals surface area contributed by atoms with Gasteiger partial charge in [0.05, 0.1) is 25.9 Å². The molecule has 0 radical (unpaired) electrons. The summed E-state index contributed by atoms with van der Waals surface area (Å²) in [6.07, 6.45) is 3.29. The molecule has 2 aromatic heterocycles. The zero-order chi connectivity index (χ0) is 18.6. The maximum absolute atomic E-state index is 5.23. The predicted molar refractivity (Wildman–Crippen MR) is 104 cm³/mol. The molecule has 0 saturated carbocycles. The summed E-state index contributed by atoms with van der Waals surface area (Å²) >= 11 is 0. The van der Waals surface area contributed by atoms with Crippen LogP contribution in [0.4, 0.5) is 11.6 Å². The summed E-state index contributed by atoms with van der Waals surface area (Å²) < 4.78 is 10.5. The van der Waals surface area contributed by atoms with Crippen LogP contribution < -0.4 is 9.47 Å². The molecule has 3 aromatic rings. The van der Waals surface area contributed by atoms with Gasteiger partial charge in [-0.05, 0) is 23.3 Å². The number of rotatable bonds is 4. The molecule has 0 amide bonds. The Morgan fingerprint density at radius 1 is 0.741 bits per heavy atom. The molecule has 0 spiro atoms. The summed E-state index contributed by atoms with van der Waals surface area (Å²) in [5.74, 6) is 3.50. The summed E-state index contributed by atoms with van der Waals surface area (Å²) in [6, 6.07) is 14.8. The van der Waals surface area contributed by atoms with Gasteiger partial charge >= 0.3 is 0 Å². The molecule has 0 aliphatic carbocycles. The fourth-order valence-electron chi connectivity index (χ4n) is 2.66. The van der Waals surface area contributed by atoms with Gasteiger partial charge in [0, 0.05) is 36.2 Å². The molecule has 3 heterocycles. The average molecular weight is 358 g/mol. The molecule has 0 bridgehead atoms. The Bertz CT molecular complexity index is 963. The number of aliphatic imine (C=N–C) groups is 2. The van der Waals surface area contributed by atoms with Gasteiger partial charge in [-0.15, -0.1) is 0 Å². The summed E-state index contributed by atoms with van der Waals surface area (Å²) in [4.78, 5) is 17.7. The highest BCUT2D eigenvalue weighted by Crippen LogP contribution is 2.30. The Kier molecular flexibility index (Phi) is 4.49. The number of aromatic nitrogens is 2. The van der Waals surface area contributed by atoms with E-state index < -0.39 is 0 Å². The van der Waals surface area contributed by atoms with Crippen molar-refractivity contribution in [3.05, 3.63) is 77.4 Å². The second-order valence-corrected chi connectivity index (χ2v) is 5.64. The minimum absolute atomic E-state index is 0.517. The highest BCUT2D eigenvalue weighted by atomic mass is 16.5. The molecule has 134 valence electrons. The zero-order valence-corrected chi connectivity index (χ0v) is 14.8. The number of fused-ring (bicyclic) bond motifs is 1. The fraction of sp³-hybridized carbons (Fsp3) is 0.100. The van der Waals surface area contributed by atoms with Crippen LogP contribution >= 0.6 is 0 Å². The van der Waals surface area contributed by atoms with Crippen molar-refractivity contribution in [3.63, 3.8) is 0 Å². The maximum atomic E-state index is 5.23. The van der Waals surface area contributed by atoms with Crippen molar-refractivity contribution in [2.24, 2.45) is 9.98 Å². The Morgan fingerprint density at radius 2 is 1.22 bits per heavy atom. The summed E-state index contributed by atoms with van der Waals surface area (Å²) in [6.45, 7) is 0. The first-order valence-corrected chi connectivity index (χ1v) is 8.26. The first kappa shape index (κ1) is 16.7. The topological polar surface area (TPSA) is 83.1 Å². The number of ether oxygens (including phenoxy) is 2. The van der Waals surface area contributed by atoms with E-state index in [1.54, 1.807) is 50.9 Å². The Labute approximate surface area is 156 Å². The van der Waals surface area contributed by atoms with Gasteiger partial charge in [-0.3, -0.25) is 9.97 Å². The van der Waals surface area contributed by atoms with Crippen LogP contribution in [-0.2, 0) is 0 Å². The van der Waals surface area contributed by atoms with Crippen LogP contribution in [0.15, 0.2) is 70.9 Å². The monoisotopic (exact) mass is 358 g/mol.